The van der Waals surface area contributed by atoms with Gasteiger partial charge in [0.05, 0.1) is 0 Å². The summed E-state index contributed by atoms with van der Waals surface area (Å²) in [7, 11) is 0. The summed E-state index contributed by atoms with van der Waals surface area (Å²) in [4.78, 5) is 28.9. The lowest BCUT2D eigenvalue weighted by molar-refractivity contribution is 0.0995. The molecule has 1 fully saturated rings. The smallest absolute Gasteiger partial charge is 0.390 e. The fourth-order valence-corrected chi connectivity index (χ4v) is 2.02. The van der Waals surface area contributed by atoms with E-state index in [0.29, 0.717) is 18.8 Å². The number of aryl methyl sites for hydroxylation is 1. The van der Waals surface area contributed by atoms with Gasteiger partial charge in [0.2, 0.25) is 5.88 Å². The van der Waals surface area contributed by atoms with Gasteiger partial charge in [-0.25, -0.2) is 9.78 Å². The SMILES string of the molecule is Cc1ccc(C(N)=O)c(OC(=O)N2CCCCC2)n1. The molecule has 6 heteroatoms. The van der Waals surface area contributed by atoms with E-state index < -0.39 is 12.0 Å². The second-order valence-electron chi connectivity index (χ2n) is 4.59. The van der Waals surface area contributed by atoms with Crippen LogP contribution in [0.2, 0.25) is 0 Å². The summed E-state index contributed by atoms with van der Waals surface area (Å²) in [5, 5.41) is 0. The Morgan fingerprint density at radius 3 is 2.58 bits per heavy atom. The van der Waals surface area contributed by atoms with Crippen molar-refractivity contribution >= 4 is 12.0 Å². The third-order valence-corrected chi connectivity index (χ3v) is 3.06. The van der Waals surface area contributed by atoms with Crippen molar-refractivity contribution in [2.45, 2.75) is 26.2 Å². The first-order valence-corrected chi connectivity index (χ1v) is 6.32. The third-order valence-electron chi connectivity index (χ3n) is 3.06. The van der Waals surface area contributed by atoms with Gasteiger partial charge in [-0.1, -0.05) is 0 Å². The fourth-order valence-electron chi connectivity index (χ4n) is 2.02. The normalized spacial score (nSPS) is 15.1. The van der Waals surface area contributed by atoms with Crippen LogP contribution >= 0.6 is 0 Å². The third kappa shape index (κ3) is 3.21. The summed E-state index contributed by atoms with van der Waals surface area (Å²) in [6.07, 6.45) is 2.59. The maximum absolute atomic E-state index is 12.0. The number of nitrogens with two attached hydrogens (primary N) is 1. The van der Waals surface area contributed by atoms with Crippen LogP contribution in [0.5, 0.6) is 5.88 Å². The van der Waals surface area contributed by atoms with E-state index in [1.165, 1.54) is 6.07 Å². The van der Waals surface area contributed by atoms with Crippen LogP contribution in [-0.2, 0) is 0 Å². The molecule has 0 aliphatic carbocycles. The Bertz CT molecular complexity index is 496. The number of ether oxygens (including phenoxy) is 1. The molecule has 1 aromatic rings. The Kier molecular flexibility index (Phi) is 3.99. The second-order valence-corrected chi connectivity index (χ2v) is 4.59. The largest absolute Gasteiger partial charge is 0.416 e. The minimum atomic E-state index is -0.658. The number of carbonyl (C=O) groups excluding carboxylic acids is 2. The molecule has 1 aliphatic heterocycles. The van der Waals surface area contributed by atoms with Crippen LogP contribution in [-0.4, -0.2) is 35.0 Å². The molecule has 2 rings (SSSR count). The molecule has 1 aliphatic rings. The number of hydrogen-bond donors (Lipinski definition) is 1. The van der Waals surface area contributed by atoms with Crippen LogP contribution in [0.15, 0.2) is 12.1 Å². The zero-order valence-corrected chi connectivity index (χ0v) is 10.9. The Hall–Kier alpha value is -2.11. The average molecular weight is 263 g/mol. The first-order valence-electron chi connectivity index (χ1n) is 6.32. The molecule has 102 valence electrons. The number of primary amides is 1. The van der Waals surface area contributed by atoms with E-state index in [0.717, 1.165) is 19.3 Å². The highest BCUT2D eigenvalue weighted by Gasteiger charge is 2.21. The predicted octanol–water partition coefficient (Wildman–Crippen LogP) is 1.47. The summed E-state index contributed by atoms with van der Waals surface area (Å²) >= 11 is 0. The van der Waals surface area contributed by atoms with Gasteiger partial charge in [-0.3, -0.25) is 4.79 Å². The molecule has 0 saturated carbocycles. The number of piperidine rings is 1. The molecule has 0 spiro atoms. The van der Waals surface area contributed by atoms with Crippen molar-refractivity contribution in [1.29, 1.82) is 0 Å². The van der Waals surface area contributed by atoms with Gasteiger partial charge < -0.3 is 15.4 Å². The summed E-state index contributed by atoms with van der Waals surface area (Å²) in [6.45, 7) is 3.11. The van der Waals surface area contributed by atoms with E-state index in [1.807, 2.05) is 0 Å². The number of aromatic nitrogens is 1. The number of hydrogen-bond acceptors (Lipinski definition) is 4. The van der Waals surface area contributed by atoms with Crippen LogP contribution in [0.3, 0.4) is 0 Å². The number of nitrogens with zero attached hydrogens (tertiary/aromatic N) is 2. The molecule has 1 aromatic heterocycles. The second kappa shape index (κ2) is 5.69. The van der Waals surface area contributed by atoms with Crippen LogP contribution in [0.1, 0.15) is 35.3 Å². The average Bonchev–Trinajstić information content (AvgIpc) is 2.39. The van der Waals surface area contributed by atoms with Crippen LogP contribution in [0.25, 0.3) is 0 Å². The maximum Gasteiger partial charge on any atom is 0.416 e. The van der Waals surface area contributed by atoms with Gasteiger partial charge in [0.15, 0.2) is 0 Å². The Balaban J connectivity index is 2.15. The molecule has 2 amide bonds. The van der Waals surface area contributed by atoms with E-state index in [9.17, 15) is 9.59 Å². The van der Waals surface area contributed by atoms with E-state index in [2.05, 4.69) is 4.98 Å². The topological polar surface area (TPSA) is 85.5 Å². The molecule has 0 aromatic carbocycles. The van der Waals surface area contributed by atoms with Crippen LogP contribution in [0, 0.1) is 6.92 Å². The summed E-state index contributed by atoms with van der Waals surface area (Å²) in [6, 6.07) is 3.17. The van der Waals surface area contributed by atoms with E-state index in [4.69, 9.17) is 10.5 Å². The highest BCUT2D eigenvalue weighted by atomic mass is 16.6. The molecule has 19 heavy (non-hydrogen) atoms. The number of pyridine rings is 1. The van der Waals surface area contributed by atoms with Crippen molar-refractivity contribution in [3.8, 4) is 5.88 Å². The Labute approximate surface area is 111 Å². The summed E-state index contributed by atoms with van der Waals surface area (Å²) in [5.74, 6) is -0.669. The van der Waals surface area contributed by atoms with Crippen molar-refractivity contribution in [3.63, 3.8) is 0 Å². The lowest BCUT2D eigenvalue weighted by atomic mass is 10.1. The van der Waals surface area contributed by atoms with Gasteiger partial charge in [-0.2, -0.15) is 0 Å². The molecule has 1 saturated heterocycles. The number of amides is 2. The zero-order chi connectivity index (χ0) is 13.8. The van der Waals surface area contributed by atoms with Crippen LogP contribution < -0.4 is 10.5 Å². The molecule has 0 radical (unpaired) electrons. The quantitative estimate of drug-likeness (QED) is 0.875. The predicted molar refractivity (Wildman–Crippen MR) is 68.9 cm³/mol. The van der Waals surface area contributed by atoms with Crippen molar-refractivity contribution in [3.05, 3.63) is 23.4 Å². The lowest BCUT2D eigenvalue weighted by Gasteiger charge is -2.25. The number of carbonyl (C=O) groups is 2. The minimum Gasteiger partial charge on any atom is -0.390 e. The Morgan fingerprint density at radius 1 is 1.26 bits per heavy atom. The van der Waals surface area contributed by atoms with Crippen molar-refractivity contribution in [1.82, 2.24) is 9.88 Å². The Morgan fingerprint density at radius 2 is 1.95 bits per heavy atom. The monoisotopic (exact) mass is 263 g/mol. The molecule has 2 heterocycles. The van der Waals surface area contributed by atoms with E-state index in [-0.39, 0.29) is 11.4 Å². The molecule has 2 N–H and O–H groups in total. The highest BCUT2D eigenvalue weighted by molar-refractivity contribution is 5.95. The molecule has 0 bridgehead atoms. The highest BCUT2D eigenvalue weighted by Crippen LogP contribution is 2.18. The molecular weight excluding hydrogens is 246 g/mol. The van der Waals surface area contributed by atoms with Gasteiger partial charge in [0.25, 0.3) is 5.91 Å². The minimum absolute atomic E-state index is 0.0110. The van der Waals surface area contributed by atoms with Gasteiger partial charge >= 0.3 is 6.09 Å². The summed E-state index contributed by atoms with van der Waals surface area (Å²) in [5.41, 5.74) is 6.01. The van der Waals surface area contributed by atoms with E-state index >= 15 is 0 Å². The lowest BCUT2D eigenvalue weighted by Crippen LogP contribution is -2.38. The molecule has 0 unspecified atom stereocenters. The maximum atomic E-state index is 12.0. The standard InChI is InChI=1S/C13H17N3O3/c1-9-5-6-10(11(14)17)12(15-9)19-13(18)16-7-3-2-4-8-16/h5-6H,2-4,7-8H2,1H3,(H2,14,17). The van der Waals surface area contributed by atoms with Gasteiger partial charge in [0.1, 0.15) is 5.56 Å². The van der Waals surface area contributed by atoms with E-state index in [1.54, 1.807) is 17.9 Å². The van der Waals surface area contributed by atoms with Crippen molar-refractivity contribution in [2.75, 3.05) is 13.1 Å². The molecule has 6 nitrogen and oxygen atoms in total. The first-order chi connectivity index (χ1) is 9.08. The summed E-state index contributed by atoms with van der Waals surface area (Å²) < 4.78 is 5.20. The number of rotatable bonds is 2. The number of likely N-dealkylation sites (tertiary alicyclic amines) is 1. The molecule has 0 atom stereocenters. The van der Waals surface area contributed by atoms with Crippen molar-refractivity contribution in [2.24, 2.45) is 5.73 Å². The van der Waals surface area contributed by atoms with Crippen LogP contribution in [0.4, 0.5) is 4.79 Å². The zero-order valence-electron chi connectivity index (χ0n) is 10.9. The van der Waals surface area contributed by atoms with Gasteiger partial charge in [-0.15, -0.1) is 0 Å². The van der Waals surface area contributed by atoms with Gasteiger partial charge in [-0.05, 0) is 38.3 Å². The fraction of sp³-hybridized carbons (Fsp3) is 0.462. The van der Waals surface area contributed by atoms with Crippen molar-refractivity contribution < 1.29 is 14.3 Å². The first kappa shape index (κ1) is 13.3. The van der Waals surface area contributed by atoms with Gasteiger partial charge in [0, 0.05) is 18.8 Å². The molecular formula is C13H17N3O3.